The molecular weight excluding hydrogens is 724 g/mol. The minimum atomic E-state index is -1.40. The van der Waals surface area contributed by atoms with Gasteiger partial charge in [0.1, 0.15) is 11.5 Å². The Labute approximate surface area is 312 Å². The van der Waals surface area contributed by atoms with Gasteiger partial charge in [0.25, 0.3) is 0 Å². The van der Waals surface area contributed by atoms with Gasteiger partial charge in [0.2, 0.25) is 29.4 Å². The van der Waals surface area contributed by atoms with E-state index in [1.807, 2.05) is 31.2 Å². The lowest BCUT2D eigenvalue weighted by Crippen LogP contribution is -2.49. The van der Waals surface area contributed by atoms with Gasteiger partial charge in [-0.15, -0.1) is 11.3 Å². The van der Waals surface area contributed by atoms with Gasteiger partial charge in [0, 0.05) is 28.8 Å². The van der Waals surface area contributed by atoms with E-state index in [2.05, 4.69) is 0 Å². The van der Waals surface area contributed by atoms with Gasteiger partial charge in [-0.3, -0.25) is 23.9 Å². The first-order valence-electron chi connectivity index (χ1n) is 17.0. The number of fused-ring (bicyclic) bond motifs is 5. The highest BCUT2D eigenvalue weighted by atomic mass is 35.5. The van der Waals surface area contributed by atoms with E-state index in [0.29, 0.717) is 26.8 Å². The minimum Gasteiger partial charge on any atom is -0.502 e. The van der Waals surface area contributed by atoms with Gasteiger partial charge >= 0.3 is 6.09 Å². The summed E-state index contributed by atoms with van der Waals surface area (Å²) in [6.45, 7) is 3.72. The Bertz CT molecular complexity index is 2320. The van der Waals surface area contributed by atoms with Crippen molar-refractivity contribution in [2.24, 2.45) is 36.1 Å². The molecule has 15 heteroatoms. The van der Waals surface area contributed by atoms with Crippen molar-refractivity contribution in [1.29, 1.82) is 0 Å². The van der Waals surface area contributed by atoms with Gasteiger partial charge in [0.15, 0.2) is 11.5 Å². The van der Waals surface area contributed by atoms with Crippen LogP contribution in [0, 0.1) is 36.0 Å². The molecule has 6 unspecified atom stereocenters. The lowest BCUT2D eigenvalue weighted by molar-refractivity contribution is -0.138. The number of aromatic hydroxyl groups is 1. The molecule has 8 rings (SSSR count). The van der Waals surface area contributed by atoms with Gasteiger partial charge in [-0.1, -0.05) is 23.3 Å². The maximum Gasteiger partial charge on any atom is 0.423 e. The van der Waals surface area contributed by atoms with Crippen molar-refractivity contribution in [3.8, 4) is 27.8 Å². The Morgan fingerprint density at radius 3 is 2.36 bits per heavy atom. The lowest BCUT2D eigenvalue weighted by Gasteiger charge is -2.49. The molecule has 53 heavy (non-hydrogen) atoms. The van der Waals surface area contributed by atoms with Gasteiger partial charge in [0.05, 0.1) is 49.4 Å². The predicted molar refractivity (Wildman–Crippen MR) is 194 cm³/mol. The highest BCUT2D eigenvalue weighted by Gasteiger charge is 2.68. The SMILES string of the molecule is COC(=O)N1C(=O)C2CC=C3C(CC4C(=O)N(c5cc(-c6sc7ccc(Cl)cc7c6C)nn5C)C(=O)C4(C)C3c3cc(OC)c(O)c(OC)c3)C2C1=O. The number of rotatable bonds is 5. The molecule has 1 saturated carbocycles. The summed E-state index contributed by atoms with van der Waals surface area (Å²) in [5.41, 5.74) is 1.34. The fraction of sp³-hybridized carbons (Fsp3) is 0.368. The molecule has 6 atom stereocenters. The number of anilines is 1. The van der Waals surface area contributed by atoms with Crippen molar-refractivity contribution in [3.63, 3.8) is 0 Å². The number of hydrogen-bond donors (Lipinski definition) is 1. The van der Waals surface area contributed by atoms with E-state index in [0.717, 1.165) is 27.6 Å². The summed E-state index contributed by atoms with van der Waals surface area (Å²) < 4.78 is 18.3. The topological polar surface area (TPSA) is 158 Å². The number of ether oxygens (including phenoxy) is 3. The standard InChI is InChI=1S/C38H35ClN4O9S/c1-16-21-13-18(39)7-10-27(21)53-32(16)24-15-28(41(3)40-24)42-34(46)23-14-22-19(8-9-20-29(22)35(47)43(33(20)45)37(49)52-6)30(38(23,2)36(42)48)17-11-25(50-4)31(44)26(12-17)51-5/h7-8,10-13,15,20,22-23,29-30,44H,9,14H2,1-6H3. The molecule has 2 aromatic heterocycles. The Morgan fingerprint density at radius 2 is 1.70 bits per heavy atom. The van der Waals surface area contributed by atoms with Crippen LogP contribution in [0.1, 0.15) is 36.8 Å². The van der Waals surface area contributed by atoms with Gasteiger partial charge < -0.3 is 19.3 Å². The van der Waals surface area contributed by atoms with Crippen LogP contribution in [-0.2, 0) is 31.0 Å². The smallest absolute Gasteiger partial charge is 0.423 e. The normalized spacial score (nSPS) is 26.5. The maximum absolute atomic E-state index is 15.1. The van der Waals surface area contributed by atoms with Crippen LogP contribution < -0.4 is 14.4 Å². The zero-order valence-corrected chi connectivity index (χ0v) is 31.2. The van der Waals surface area contributed by atoms with Crippen molar-refractivity contribution >= 4 is 68.6 Å². The van der Waals surface area contributed by atoms with Crippen LogP contribution in [0.4, 0.5) is 10.6 Å². The van der Waals surface area contributed by atoms with Crippen molar-refractivity contribution in [2.45, 2.75) is 32.6 Å². The number of amides is 5. The average molecular weight is 759 g/mol. The van der Waals surface area contributed by atoms with E-state index in [1.165, 1.54) is 35.1 Å². The first kappa shape index (κ1) is 34.9. The number of phenols is 1. The Hall–Kier alpha value is -5.21. The second-order valence-electron chi connectivity index (χ2n) is 14.1. The maximum atomic E-state index is 15.1. The monoisotopic (exact) mass is 758 g/mol. The van der Waals surface area contributed by atoms with Crippen LogP contribution in [0.3, 0.4) is 0 Å². The van der Waals surface area contributed by atoms with E-state index < -0.39 is 64.7 Å². The number of benzene rings is 2. The first-order valence-corrected chi connectivity index (χ1v) is 18.2. The third-order valence-electron chi connectivity index (χ3n) is 11.7. The molecule has 13 nitrogen and oxygen atoms in total. The van der Waals surface area contributed by atoms with Crippen LogP contribution in [0.5, 0.6) is 17.2 Å². The second kappa shape index (κ2) is 12.2. The number of allylic oxidation sites excluding steroid dienone is 2. The molecule has 1 N–H and O–H groups in total. The molecule has 0 spiro atoms. The largest absolute Gasteiger partial charge is 0.502 e. The zero-order valence-electron chi connectivity index (χ0n) is 29.6. The molecule has 2 aliphatic heterocycles. The summed E-state index contributed by atoms with van der Waals surface area (Å²) in [7, 11) is 5.55. The number of halogens is 1. The Kier molecular flexibility index (Phi) is 8.00. The van der Waals surface area contributed by atoms with E-state index in [-0.39, 0.29) is 35.9 Å². The third-order valence-corrected chi connectivity index (χ3v) is 13.2. The summed E-state index contributed by atoms with van der Waals surface area (Å²) in [6.07, 6.45) is 0.995. The molecule has 0 radical (unpaired) electrons. The number of hydrogen-bond acceptors (Lipinski definition) is 11. The number of carbonyl (C=O) groups excluding carboxylic acids is 5. The molecular formula is C38H35ClN4O9S. The lowest BCUT2D eigenvalue weighted by atomic mass is 9.51. The fourth-order valence-corrected chi connectivity index (χ4v) is 10.5. The highest BCUT2D eigenvalue weighted by Crippen LogP contribution is 2.64. The number of thiophene rings is 1. The van der Waals surface area contributed by atoms with Crippen LogP contribution in [-0.4, -0.2) is 70.8 Å². The summed E-state index contributed by atoms with van der Waals surface area (Å²) >= 11 is 7.83. The Morgan fingerprint density at radius 1 is 1.00 bits per heavy atom. The summed E-state index contributed by atoms with van der Waals surface area (Å²) in [4.78, 5) is 72.5. The molecule has 2 aliphatic carbocycles. The molecule has 5 amide bonds. The van der Waals surface area contributed by atoms with Gasteiger partial charge in [-0.25, -0.2) is 9.69 Å². The van der Waals surface area contributed by atoms with Crippen LogP contribution in [0.25, 0.3) is 20.7 Å². The van der Waals surface area contributed by atoms with Crippen molar-refractivity contribution in [1.82, 2.24) is 14.7 Å². The molecule has 4 aliphatic rings. The summed E-state index contributed by atoms with van der Waals surface area (Å²) in [5.74, 6) is -6.34. The molecule has 2 saturated heterocycles. The average Bonchev–Trinajstić information content (AvgIpc) is 3.81. The minimum absolute atomic E-state index is 0.0718. The first-order chi connectivity index (χ1) is 25.3. The van der Waals surface area contributed by atoms with Crippen molar-refractivity contribution in [2.75, 3.05) is 26.2 Å². The zero-order chi connectivity index (χ0) is 37.8. The van der Waals surface area contributed by atoms with Crippen LogP contribution in [0.2, 0.25) is 5.02 Å². The Balaban J connectivity index is 1.28. The number of likely N-dealkylation sites (tertiary alicyclic amines) is 1. The molecule has 4 heterocycles. The number of methoxy groups -OCH3 is 3. The number of carbonyl (C=O) groups is 5. The number of aromatic nitrogens is 2. The number of nitrogens with zero attached hydrogens (tertiary/aromatic N) is 4. The van der Waals surface area contributed by atoms with Crippen molar-refractivity contribution < 1.29 is 43.3 Å². The van der Waals surface area contributed by atoms with Gasteiger partial charge in [-0.2, -0.15) is 10.00 Å². The second-order valence-corrected chi connectivity index (χ2v) is 15.6. The van der Waals surface area contributed by atoms with Crippen LogP contribution >= 0.6 is 22.9 Å². The number of aryl methyl sites for hydroxylation is 2. The van der Waals surface area contributed by atoms with Gasteiger partial charge in [-0.05, 0) is 79.5 Å². The highest BCUT2D eigenvalue weighted by molar-refractivity contribution is 7.22. The molecule has 4 aromatic rings. The third kappa shape index (κ3) is 4.74. The summed E-state index contributed by atoms with van der Waals surface area (Å²) in [6, 6.07) is 10.6. The van der Waals surface area contributed by atoms with E-state index >= 15 is 4.79 Å². The fourth-order valence-electron chi connectivity index (χ4n) is 9.18. The predicted octanol–water partition coefficient (Wildman–Crippen LogP) is 5.98. The van der Waals surface area contributed by atoms with E-state index in [9.17, 15) is 24.3 Å². The van der Waals surface area contributed by atoms with E-state index in [4.69, 9.17) is 30.9 Å². The molecule has 2 aromatic carbocycles. The summed E-state index contributed by atoms with van der Waals surface area (Å²) in [5, 5.41) is 17.2. The van der Waals surface area contributed by atoms with Crippen LogP contribution in [0.15, 0.2) is 48.0 Å². The quantitative estimate of drug-likeness (QED) is 0.190. The molecule has 274 valence electrons. The molecule has 0 bridgehead atoms. The molecule has 3 fully saturated rings. The number of phenolic OH excluding ortho intramolecular Hbond substituents is 1. The number of imide groups is 4. The van der Waals surface area contributed by atoms with Crippen molar-refractivity contribution in [3.05, 3.63) is 64.2 Å². The van der Waals surface area contributed by atoms with E-state index in [1.54, 1.807) is 32.2 Å².